The SMILES string of the molecule is CC(C)(C)C1CCC2(CC1)CCN(N1CCCCCC1)CC2.Cl. The lowest BCUT2D eigenvalue weighted by molar-refractivity contribution is -0.0783. The first-order valence-corrected chi connectivity index (χ1v) is 9.98. The van der Waals surface area contributed by atoms with Crippen molar-refractivity contribution in [1.29, 1.82) is 0 Å². The van der Waals surface area contributed by atoms with E-state index in [1.165, 1.54) is 90.4 Å². The molecule has 1 saturated carbocycles. The minimum Gasteiger partial charge on any atom is -0.242 e. The van der Waals surface area contributed by atoms with Gasteiger partial charge in [-0.05, 0) is 68.1 Å². The highest BCUT2D eigenvalue weighted by Crippen LogP contribution is 2.50. The second kappa shape index (κ2) is 8.06. The van der Waals surface area contributed by atoms with E-state index >= 15 is 0 Å². The van der Waals surface area contributed by atoms with Crippen LogP contribution in [0.5, 0.6) is 0 Å². The van der Waals surface area contributed by atoms with Crippen molar-refractivity contribution < 1.29 is 0 Å². The van der Waals surface area contributed by atoms with E-state index in [9.17, 15) is 0 Å². The number of piperidine rings is 1. The van der Waals surface area contributed by atoms with Crippen LogP contribution in [0.2, 0.25) is 0 Å². The number of hydrazine groups is 1. The van der Waals surface area contributed by atoms with Gasteiger partial charge in [0.1, 0.15) is 0 Å². The predicted molar refractivity (Wildman–Crippen MR) is 102 cm³/mol. The first-order chi connectivity index (χ1) is 10.5. The molecule has 136 valence electrons. The van der Waals surface area contributed by atoms with E-state index < -0.39 is 0 Å². The highest BCUT2D eigenvalue weighted by Gasteiger charge is 2.41. The van der Waals surface area contributed by atoms with Gasteiger partial charge in [-0.25, -0.2) is 10.0 Å². The molecule has 2 saturated heterocycles. The molecular weight excluding hydrogens is 304 g/mol. The fourth-order valence-electron chi connectivity index (χ4n) is 5.19. The summed E-state index contributed by atoms with van der Waals surface area (Å²) in [7, 11) is 0. The second-order valence-electron chi connectivity index (χ2n) is 9.46. The molecule has 0 aromatic carbocycles. The zero-order valence-corrected chi connectivity index (χ0v) is 16.6. The monoisotopic (exact) mass is 342 g/mol. The van der Waals surface area contributed by atoms with Crippen molar-refractivity contribution >= 4 is 12.4 Å². The lowest BCUT2D eigenvalue weighted by Crippen LogP contribution is -2.50. The number of hydrogen-bond donors (Lipinski definition) is 0. The van der Waals surface area contributed by atoms with Crippen LogP contribution in [-0.2, 0) is 0 Å². The first-order valence-electron chi connectivity index (χ1n) is 9.98. The molecule has 0 aromatic heterocycles. The maximum Gasteiger partial charge on any atom is 0.0138 e. The lowest BCUT2D eigenvalue weighted by atomic mass is 9.61. The fraction of sp³-hybridized carbons (Fsp3) is 1.00. The van der Waals surface area contributed by atoms with Crippen LogP contribution in [0.15, 0.2) is 0 Å². The molecule has 1 spiro atoms. The van der Waals surface area contributed by atoms with Crippen LogP contribution in [-0.4, -0.2) is 36.2 Å². The highest BCUT2D eigenvalue weighted by molar-refractivity contribution is 5.85. The Hall–Kier alpha value is 0.210. The van der Waals surface area contributed by atoms with Crippen molar-refractivity contribution in [2.45, 2.75) is 85.0 Å². The Morgan fingerprint density at radius 3 is 1.65 bits per heavy atom. The summed E-state index contributed by atoms with van der Waals surface area (Å²) < 4.78 is 0. The van der Waals surface area contributed by atoms with Gasteiger partial charge < -0.3 is 0 Å². The Morgan fingerprint density at radius 1 is 0.696 bits per heavy atom. The standard InChI is InChI=1S/C20H38N2.ClH/c1-19(2,3)18-8-10-20(11-9-18)12-16-22(17-13-20)21-14-6-4-5-7-15-21;/h18H,4-17H2,1-3H3;1H. The number of hydrogen-bond acceptors (Lipinski definition) is 2. The fourth-order valence-corrected chi connectivity index (χ4v) is 5.19. The Kier molecular flexibility index (Phi) is 6.84. The lowest BCUT2D eigenvalue weighted by Gasteiger charge is -2.50. The van der Waals surface area contributed by atoms with Gasteiger partial charge in [0.05, 0.1) is 0 Å². The van der Waals surface area contributed by atoms with Crippen LogP contribution >= 0.6 is 12.4 Å². The summed E-state index contributed by atoms with van der Waals surface area (Å²) in [6, 6.07) is 0. The predicted octanol–water partition coefficient (Wildman–Crippen LogP) is 5.52. The molecule has 0 atom stereocenters. The number of nitrogens with zero attached hydrogens (tertiary/aromatic N) is 2. The zero-order valence-electron chi connectivity index (χ0n) is 15.8. The average Bonchev–Trinajstić information content (AvgIpc) is 2.77. The van der Waals surface area contributed by atoms with Crippen LogP contribution in [0.4, 0.5) is 0 Å². The maximum absolute atomic E-state index is 2.71. The Bertz CT molecular complexity index is 337. The highest BCUT2D eigenvalue weighted by atomic mass is 35.5. The molecule has 0 N–H and O–H groups in total. The third-order valence-electron chi connectivity index (χ3n) is 7.05. The molecule has 0 unspecified atom stereocenters. The van der Waals surface area contributed by atoms with Crippen LogP contribution in [0.3, 0.4) is 0 Å². The molecule has 2 nitrogen and oxygen atoms in total. The minimum atomic E-state index is 0. The van der Waals surface area contributed by atoms with Gasteiger partial charge in [-0.1, -0.05) is 33.6 Å². The third kappa shape index (κ3) is 4.86. The van der Waals surface area contributed by atoms with E-state index in [2.05, 4.69) is 30.8 Å². The van der Waals surface area contributed by atoms with E-state index in [1.807, 2.05) is 0 Å². The van der Waals surface area contributed by atoms with Gasteiger partial charge in [0.2, 0.25) is 0 Å². The van der Waals surface area contributed by atoms with Crippen molar-refractivity contribution in [3.05, 3.63) is 0 Å². The summed E-state index contributed by atoms with van der Waals surface area (Å²) in [6.07, 6.45) is 14.6. The molecular formula is C20H39ClN2. The van der Waals surface area contributed by atoms with Crippen LogP contribution < -0.4 is 0 Å². The smallest absolute Gasteiger partial charge is 0.0138 e. The van der Waals surface area contributed by atoms with Gasteiger partial charge in [0, 0.05) is 26.2 Å². The normalized spacial score (nSPS) is 28.3. The topological polar surface area (TPSA) is 6.48 Å². The summed E-state index contributed by atoms with van der Waals surface area (Å²) in [5.41, 5.74) is 1.23. The van der Waals surface area contributed by atoms with Crippen LogP contribution in [0.1, 0.15) is 85.0 Å². The van der Waals surface area contributed by atoms with Crippen molar-refractivity contribution in [2.24, 2.45) is 16.7 Å². The zero-order chi connectivity index (χ0) is 15.6. The van der Waals surface area contributed by atoms with Crippen molar-refractivity contribution in [3.63, 3.8) is 0 Å². The summed E-state index contributed by atoms with van der Waals surface area (Å²) in [4.78, 5) is 0. The van der Waals surface area contributed by atoms with Crippen LogP contribution in [0, 0.1) is 16.7 Å². The quantitative estimate of drug-likeness (QED) is 0.619. The minimum absolute atomic E-state index is 0. The molecule has 1 aliphatic carbocycles. The van der Waals surface area contributed by atoms with E-state index in [0.717, 1.165) is 5.92 Å². The third-order valence-corrected chi connectivity index (χ3v) is 7.05. The largest absolute Gasteiger partial charge is 0.242 e. The van der Waals surface area contributed by atoms with Crippen molar-refractivity contribution in [1.82, 2.24) is 10.0 Å². The molecule has 2 heterocycles. The molecule has 3 aliphatic rings. The summed E-state index contributed by atoms with van der Waals surface area (Å²) in [5.74, 6) is 0.960. The maximum atomic E-state index is 2.71. The average molecular weight is 343 g/mol. The molecule has 0 aromatic rings. The van der Waals surface area contributed by atoms with Crippen molar-refractivity contribution in [3.8, 4) is 0 Å². The molecule has 3 heteroatoms. The van der Waals surface area contributed by atoms with E-state index in [1.54, 1.807) is 0 Å². The van der Waals surface area contributed by atoms with Gasteiger partial charge in [-0.15, -0.1) is 12.4 Å². The summed E-state index contributed by atoms with van der Waals surface area (Å²) >= 11 is 0. The molecule has 0 bridgehead atoms. The van der Waals surface area contributed by atoms with Crippen molar-refractivity contribution in [2.75, 3.05) is 26.2 Å². The number of halogens is 1. The summed E-state index contributed by atoms with van der Waals surface area (Å²) in [5, 5.41) is 5.41. The van der Waals surface area contributed by atoms with E-state index in [0.29, 0.717) is 10.8 Å². The van der Waals surface area contributed by atoms with Gasteiger partial charge in [-0.2, -0.15) is 0 Å². The van der Waals surface area contributed by atoms with Gasteiger partial charge in [-0.3, -0.25) is 0 Å². The van der Waals surface area contributed by atoms with Gasteiger partial charge in [0.25, 0.3) is 0 Å². The molecule has 3 rings (SSSR count). The van der Waals surface area contributed by atoms with Gasteiger partial charge >= 0.3 is 0 Å². The second-order valence-corrected chi connectivity index (χ2v) is 9.46. The Morgan fingerprint density at radius 2 is 1.17 bits per heavy atom. The molecule has 2 aliphatic heterocycles. The molecule has 23 heavy (non-hydrogen) atoms. The molecule has 0 radical (unpaired) electrons. The number of rotatable bonds is 1. The summed E-state index contributed by atoms with van der Waals surface area (Å²) in [6.45, 7) is 12.6. The Balaban J connectivity index is 0.00000192. The van der Waals surface area contributed by atoms with E-state index in [4.69, 9.17) is 0 Å². The first kappa shape index (κ1) is 19.5. The Labute approximate surface area is 150 Å². The molecule has 3 fully saturated rings. The van der Waals surface area contributed by atoms with Gasteiger partial charge in [0.15, 0.2) is 0 Å². The van der Waals surface area contributed by atoms with E-state index in [-0.39, 0.29) is 12.4 Å². The molecule has 0 amide bonds. The van der Waals surface area contributed by atoms with Crippen LogP contribution in [0.25, 0.3) is 0 Å².